The van der Waals surface area contributed by atoms with Crippen LogP contribution in [0.4, 0.5) is 8.78 Å². The van der Waals surface area contributed by atoms with Gasteiger partial charge in [-0.2, -0.15) is 0 Å². The second kappa shape index (κ2) is 5.66. The first-order valence-corrected chi connectivity index (χ1v) is 7.21. The summed E-state index contributed by atoms with van der Waals surface area (Å²) in [6.45, 7) is 1.96. The van der Waals surface area contributed by atoms with Crippen molar-refractivity contribution < 1.29 is 13.5 Å². The summed E-state index contributed by atoms with van der Waals surface area (Å²) in [5.41, 5.74) is 0.708. The first kappa shape index (κ1) is 13.8. The topological polar surface area (TPSA) is 27.1 Å². The molecule has 1 aromatic carbocycles. The standard InChI is InChI=1S/C14H15ClF2N2O/c15-5-3-12-18-11-2-1-10(16)13(17)14(11)19(12)7-9-4-6-20-8-9/h1-2,9H,3-8H2. The van der Waals surface area contributed by atoms with Crippen LogP contribution in [0, 0.1) is 17.6 Å². The van der Waals surface area contributed by atoms with Crippen molar-refractivity contribution in [1.29, 1.82) is 0 Å². The van der Waals surface area contributed by atoms with Crippen LogP contribution in [0.15, 0.2) is 12.1 Å². The normalized spacial score (nSPS) is 19.1. The van der Waals surface area contributed by atoms with Crippen LogP contribution in [0.5, 0.6) is 0 Å². The van der Waals surface area contributed by atoms with E-state index in [1.165, 1.54) is 6.07 Å². The van der Waals surface area contributed by atoms with E-state index in [9.17, 15) is 8.78 Å². The van der Waals surface area contributed by atoms with Crippen molar-refractivity contribution in [3.05, 3.63) is 29.6 Å². The van der Waals surface area contributed by atoms with E-state index in [1.54, 1.807) is 4.57 Å². The summed E-state index contributed by atoms with van der Waals surface area (Å²) in [6, 6.07) is 2.62. The van der Waals surface area contributed by atoms with Gasteiger partial charge in [0.05, 0.1) is 12.1 Å². The summed E-state index contributed by atoms with van der Waals surface area (Å²) in [4.78, 5) is 4.38. The van der Waals surface area contributed by atoms with Crippen LogP contribution in [-0.4, -0.2) is 28.6 Å². The number of fused-ring (bicyclic) bond motifs is 1. The average molecular weight is 301 g/mol. The molecule has 1 aliphatic heterocycles. The number of alkyl halides is 1. The SMILES string of the molecule is Fc1ccc2nc(CCCl)n(CC3CCOC3)c2c1F. The van der Waals surface area contributed by atoms with E-state index in [0.29, 0.717) is 42.7 Å². The van der Waals surface area contributed by atoms with Crippen LogP contribution in [-0.2, 0) is 17.7 Å². The lowest BCUT2D eigenvalue weighted by atomic mass is 10.1. The quantitative estimate of drug-likeness (QED) is 0.811. The van der Waals surface area contributed by atoms with Crippen molar-refractivity contribution >= 4 is 22.6 Å². The summed E-state index contributed by atoms with van der Waals surface area (Å²) in [6.07, 6.45) is 1.46. The molecule has 0 aliphatic carbocycles. The molecule has 20 heavy (non-hydrogen) atoms. The highest BCUT2D eigenvalue weighted by Gasteiger charge is 2.22. The molecule has 1 saturated heterocycles. The lowest BCUT2D eigenvalue weighted by Crippen LogP contribution is -2.14. The number of aryl methyl sites for hydroxylation is 1. The average Bonchev–Trinajstić information content (AvgIpc) is 3.04. The van der Waals surface area contributed by atoms with Crippen molar-refractivity contribution in [2.75, 3.05) is 19.1 Å². The maximum absolute atomic E-state index is 14.1. The molecule has 0 saturated carbocycles. The molecule has 1 aliphatic rings. The Balaban J connectivity index is 2.08. The van der Waals surface area contributed by atoms with Crippen LogP contribution in [0.1, 0.15) is 12.2 Å². The zero-order valence-corrected chi connectivity index (χ0v) is 11.7. The second-order valence-electron chi connectivity index (χ2n) is 5.04. The molecule has 6 heteroatoms. The second-order valence-corrected chi connectivity index (χ2v) is 5.41. The van der Waals surface area contributed by atoms with E-state index in [2.05, 4.69) is 4.98 Å². The molecule has 0 amide bonds. The number of rotatable bonds is 4. The van der Waals surface area contributed by atoms with Gasteiger partial charge in [-0.1, -0.05) is 0 Å². The highest BCUT2D eigenvalue weighted by molar-refractivity contribution is 6.17. The number of nitrogens with zero attached hydrogens (tertiary/aromatic N) is 2. The molecule has 1 atom stereocenters. The first-order chi connectivity index (χ1) is 9.70. The Hall–Kier alpha value is -1.20. The Labute approximate surface area is 120 Å². The van der Waals surface area contributed by atoms with Crippen LogP contribution >= 0.6 is 11.6 Å². The van der Waals surface area contributed by atoms with Crippen molar-refractivity contribution in [1.82, 2.24) is 9.55 Å². The number of benzene rings is 1. The van der Waals surface area contributed by atoms with Gasteiger partial charge in [0.15, 0.2) is 11.6 Å². The summed E-state index contributed by atoms with van der Waals surface area (Å²) in [5.74, 6) is -0.279. The number of imidazole rings is 1. The monoisotopic (exact) mass is 300 g/mol. The van der Waals surface area contributed by atoms with Gasteiger partial charge in [0.25, 0.3) is 0 Å². The molecule has 2 heterocycles. The Kier molecular flexibility index (Phi) is 3.89. The van der Waals surface area contributed by atoms with E-state index in [1.807, 2.05) is 0 Å². The third-order valence-electron chi connectivity index (χ3n) is 3.66. The smallest absolute Gasteiger partial charge is 0.184 e. The summed E-state index contributed by atoms with van der Waals surface area (Å²) in [5, 5.41) is 0. The maximum Gasteiger partial charge on any atom is 0.184 e. The number of hydrogen-bond acceptors (Lipinski definition) is 2. The molecule has 1 unspecified atom stereocenters. The van der Waals surface area contributed by atoms with Crippen molar-refractivity contribution in [3.63, 3.8) is 0 Å². The lowest BCUT2D eigenvalue weighted by molar-refractivity contribution is 0.182. The molecule has 1 fully saturated rings. The van der Waals surface area contributed by atoms with Crippen LogP contribution < -0.4 is 0 Å². The molecule has 3 rings (SSSR count). The van der Waals surface area contributed by atoms with Gasteiger partial charge in [0.1, 0.15) is 11.3 Å². The largest absolute Gasteiger partial charge is 0.381 e. The number of ether oxygens (including phenoxy) is 1. The predicted molar refractivity (Wildman–Crippen MR) is 73.0 cm³/mol. The summed E-state index contributed by atoms with van der Waals surface area (Å²) in [7, 11) is 0. The molecular formula is C14H15ClF2N2O. The highest BCUT2D eigenvalue weighted by Crippen LogP contribution is 2.25. The Morgan fingerprint density at radius 3 is 2.95 bits per heavy atom. The zero-order valence-electron chi connectivity index (χ0n) is 10.9. The number of hydrogen-bond donors (Lipinski definition) is 0. The van der Waals surface area contributed by atoms with Gasteiger partial charge in [-0.25, -0.2) is 13.8 Å². The fourth-order valence-corrected chi connectivity index (χ4v) is 2.83. The molecule has 0 bridgehead atoms. The fourth-order valence-electron chi connectivity index (χ4n) is 2.66. The third kappa shape index (κ3) is 2.40. The minimum atomic E-state index is -0.848. The third-order valence-corrected chi connectivity index (χ3v) is 3.85. The maximum atomic E-state index is 14.1. The van der Waals surface area contributed by atoms with Crippen molar-refractivity contribution in [3.8, 4) is 0 Å². The predicted octanol–water partition coefficient (Wildman–Crippen LogP) is 3.13. The van der Waals surface area contributed by atoms with E-state index < -0.39 is 11.6 Å². The van der Waals surface area contributed by atoms with Gasteiger partial charge in [-0.3, -0.25) is 0 Å². The molecule has 0 spiro atoms. The molecule has 0 radical (unpaired) electrons. The fraction of sp³-hybridized carbons (Fsp3) is 0.500. The summed E-state index contributed by atoms with van der Waals surface area (Å²) < 4.78 is 34.7. The van der Waals surface area contributed by atoms with Crippen molar-refractivity contribution in [2.24, 2.45) is 5.92 Å². The van der Waals surface area contributed by atoms with Gasteiger partial charge >= 0.3 is 0 Å². The van der Waals surface area contributed by atoms with E-state index in [0.717, 1.165) is 19.1 Å². The Morgan fingerprint density at radius 2 is 2.25 bits per heavy atom. The van der Waals surface area contributed by atoms with Crippen LogP contribution in [0.2, 0.25) is 0 Å². The zero-order chi connectivity index (χ0) is 14.1. The van der Waals surface area contributed by atoms with Gasteiger partial charge < -0.3 is 9.30 Å². The molecular weight excluding hydrogens is 286 g/mol. The van der Waals surface area contributed by atoms with Gasteiger partial charge in [0.2, 0.25) is 0 Å². The van der Waals surface area contributed by atoms with Gasteiger partial charge in [-0.05, 0) is 18.6 Å². The molecule has 108 valence electrons. The lowest BCUT2D eigenvalue weighted by Gasteiger charge is -2.13. The van der Waals surface area contributed by atoms with E-state index in [-0.39, 0.29) is 5.52 Å². The van der Waals surface area contributed by atoms with E-state index >= 15 is 0 Å². The number of halogens is 3. The molecule has 0 N–H and O–H groups in total. The van der Waals surface area contributed by atoms with Crippen molar-refractivity contribution in [2.45, 2.75) is 19.4 Å². The highest BCUT2D eigenvalue weighted by atomic mass is 35.5. The van der Waals surface area contributed by atoms with Crippen LogP contribution in [0.3, 0.4) is 0 Å². The van der Waals surface area contributed by atoms with E-state index in [4.69, 9.17) is 16.3 Å². The Bertz CT molecular complexity index is 623. The minimum absolute atomic E-state index is 0.233. The summed E-state index contributed by atoms with van der Waals surface area (Å²) >= 11 is 5.78. The molecule has 2 aromatic rings. The minimum Gasteiger partial charge on any atom is -0.381 e. The first-order valence-electron chi connectivity index (χ1n) is 6.67. The van der Waals surface area contributed by atoms with Gasteiger partial charge in [-0.15, -0.1) is 11.6 Å². The molecule has 3 nitrogen and oxygen atoms in total. The van der Waals surface area contributed by atoms with Gasteiger partial charge in [0, 0.05) is 31.4 Å². The Morgan fingerprint density at radius 1 is 1.40 bits per heavy atom. The molecule has 1 aromatic heterocycles. The van der Waals surface area contributed by atoms with Crippen LogP contribution in [0.25, 0.3) is 11.0 Å². The number of aromatic nitrogens is 2.